The van der Waals surface area contributed by atoms with Crippen molar-refractivity contribution in [3.05, 3.63) is 30.0 Å². The fraction of sp³-hybridized carbons (Fsp3) is 0.571. The number of aliphatic hydroxyl groups excluding tert-OH is 1. The van der Waals surface area contributed by atoms with Gasteiger partial charge in [0.15, 0.2) is 5.69 Å². The summed E-state index contributed by atoms with van der Waals surface area (Å²) >= 11 is 0. The van der Waals surface area contributed by atoms with E-state index >= 15 is 0 Å². The van der Waals surface area contributed by atoms with Crippen LogP contribution in [-0.4, -0.2) is 62.6 Å². The van der Waals surface area contributed by atoms with E-state index in [1.54, 1.807) is 20.8 Å². The highest BCUT2D eigenvalue weighted by molar-refractivity contribution is 6.05. The monoisotopic (exact) mass is 402 g/mol. The van der Waals surface area contributed by atoms with Crippen molar-refractivity contribution in [2.75, 3.05) is 13.2 Å². The van der Waals surface area contributed by atoms with Gasteiger partial charge in [0.2, 0.25) is 0 Å². The van der Waals surface area contributed by atoms with Gasteiger partial charge in [-0.1, -0.05) is 18.2 Å². The van der Waals surface area contributed by atoms with Gasteiger partial charge in [0.25, 0.3) is 5.91 Å². The average Bonchev–Trinajstić information content (AvgIpc) is 3.21. The summed E-state index contributed by atoms with van der Waals surface area (Å²) in [5, 5.41) is 18.0. The number of fused-ring (bicyclic) bond motifs is 1. The van der Waals surface area contributed by atoms with Gasteiger partial charge in [0.05, 0.1) is 18.2 Å². The van der Waals surface area contributed by atoms with Crippen molar-refractivity contribution in [1.82, 2.24) is 20.0 Å². The fourth-order valence-corrected chi connectivity index (χ4v) is 3.64. The Bertz CT molecular complexity index is 900. The highest BCUT2D eigenvalue weighted by Gasteiger charge is 2.38. The SMILES string of the molecule is CC(C)n1nc(C(=O)N[C@H]2C[C@@H](CO)N(C(=O)OC(C)(C)C)C2)c2ccccc21. The molecule has 1 aromatic heterocycles. The number of para-hydroxylation sites is 1. The van der Waals surface area contributed by atoms with Gasteiger partial charge < -0.3 is 20.1 Å². The minimum atomic E-state index is -0.624. The molecule has 0 radical (unpaired) electrons. The molecule has 1 aromatic carbocycles. The minimum Gasteiger partial charge on any atom is -0.444 e. The standard InChI is InChI=1S/C21H30N4O4/c1-13(2)25-17-9-7-6-8-16(17)18(23-25)19(27)22-14-10-15(12-26)24(11-14)20(28)29-21(3,4)5/h6-9,13-15,26H,10-12H2,1-5H3,(H,22,27)/t14-,15-/m0/s1. The molecule has 2 N–H and O–H groups in total. The maximum Gasteiger partial charge on any atom is 0.410 e. The van der Waals surface area contributed by atoms with Crippen LogP contribution in [0.1, 0.15) is 57.6 Å². The third-order valence-corrected chi connectivity index (χ3v) is 4.91. The molecule has 0 unspecified atom stereocenters. The molecule has 3 rings (SSSR count). The van der Waals surface area contributed by atoms with Crippen molar-refractivity contribution >= 4 is 22.9 Å². The maximum atomic E-state index is 13.0. The van der Waals surface area contributed by atoms with Gasteiger partial charge in [-0.15, -0.1) is 0 Å². The topological polar surface area (TPSA) is 96.7 Å². The minimum absolute atomic E-state index is 0.120. The molecule has 1 aliphatic heterocycles. The number of amides is 2. The van der Waals surface area contributed by atoms with E-state index in [2.05, 4.69) is 10.4 Å². The Morgan fingerprint density at radius 2 is 2.00 bits per heavy atom. The number of hydrogen-bond donors (Lipinski definition) is 2. The van der Waals surface area contributed by atoms with Crippen LogP contribution in [0.4, 0.5) is 4.79 Å². The van der Waals surface area contributed by atoms with Gasteiger partial charge in [-0.05, 0) is 47.1 Å². The summed E-state index contributed by atoms with van der Waals surface area (Å²) in [6.45, 7) is 9.52. The molecule has 1 aliphatic rings. The molecular weight excluding hydrogens is 372 g/mol. The molecule has 8 nitrogen and oxygen atoms in total. The Kier molecular flexibility index (Phi) is 5.84. The predicted octanol–water partition coefficient (Wildman–Crippen LogP) is 2.72. The summed E-state index contributed by atoms with van der Waals surface area (Å²) in [7, 11) is 0. The van der Waals surface area contributed by atoms with Gasteiger partial charge in [-0.2, -0.15) is 5.10 Å². The molecule has 1 saturated heterocycles. The summed E-state index contributed by atoms with van der Waals surface area (Å²) in [5.41, 5.74) is 0.648. The number of hydrogen-bond acceptors (Lipinski definition) is 5. The van der Waals surface area contributed by atoms with E-state index in [0.717, 1.165) is 10.9 Å². The van der Waals surface area contributed by atoms with E-state index in [1.807, 2.05) is 42.8 Å². The second-order valence-corrected chi connectivity index (χ2v) is 8.78. The van der Waals surface area contributed by atoms with Crippen LogP contribution in [0.5, 0.6) is 0 Å². The lowest BCUT2D eigenvalue weighted by Gasteiger charge is -2.27. The molecule has 2 atom stereocenters. The number of carbonyl (C=O) groups is 2. The van der Waals surface area contributed by atoms with Crippen LogP contribution >= 0.6 is 0 Å². The largest absolute Gasteiger partial charge is 0.444 e. The summed E-state index contributed by atoms with van der Waals surface area (Å²) < 4.78 is 7.26. The zero-order valence-corrected chi connectivity index (χ0v) is 17.7. The molecule has 158 valence electrons. The number of benzene rings is 1. The van der Waals surface area contributed by atoms with E-state index in [-0.39, 0.29) is 37.2 Å². The maximum absolute atomic E-state index is 13.0. The summed E-state index contributed by atoms with van der Waals surface area (Å²) in [6.07, 6.45) is -0.0209. The van der Waals surface area contributed by atoms with Crippen LogP contribution in [0.25, 0.3) is 10.9 Å². The second kappa shape index (κ2) is 8.02. The number of likely N-dealkylation sites (tertiary alicyclic amines) is 1. The first-order valence-electron chi connectivity index (χ1n) is 9.99. The highest BCUT2D eigenvalue weighted by Crippen LogP contribution is 2.24. The first-order chi connectivity index (χ1) is 13.6. The van der Waals surface area contributed by atoms with Gasteiger partial charge in [-0.3, -0.25) is 9.48 Å². The molecule has 0 bridgehead atoms. The first kappa shape index (κ1) is 21.1. The summed E-state index contributed by atoms with van der Waals surface area (Å²) in [4.78, 5) is 26.9. The van der Waals surface area contributed by atoms with Crippen molar-refractivity contribution in [2.45, 2.75) is 64.8 Å². The third-order valence-electron chi connectivity index (χ3n) is 4.91. The number of rotatable bonds is 4. The Balaban J connectivity index is 1.76. The molecule has 29 heavy (non-hydrogen) atoms. The average molecular weight is 402 g/mol. The molecular formula is C21H30N4O4. The molecule has 0 spiro atoms. The van der Waals surface area contributed by atoms with Crippen LogP contribution in [0.3, 0.4) is 0 Å². The van der Waals surface area contributed by atoms with E-state index < -0.39 is 11.7 Å². The predicted molar refractivity (Wildman–Crippen MR) is 110 cm³/mol. The number of aliphatic hydroxyl groups is 1. The number of nitrogens with zero attached hydrogens (tertiary/aromatic N) is 3. The van der Waals surface area contributed by atoms with Gasteiger partial charge in [0.1, 0.15) is 5.60 Å². The third kappa shape index (κ3) is 4.53. The molecule has 2 amide bonds. The van der Waals surface area contributed by atoms with Crippen LogP contribution in [0.15, 0.2) is 24.3 Å². The second-order valence-electron chi connectivity index (χ2n) is 8.78. The first-order valence-corrected chi connectivity index (χ1v) is 9.99. The van der Waals surface area contributed by atoms with Crippen molar-refractivity contribution < 1.29 is 19.4 Å². The Morgan fingerprint density at radius 1 is 1.31 bits per heavy atom. The van der Waals surface area contributed by atoms with Crippen LogP contribution in [-0.2, 0) is 4.74 Å². The summed E-state index contributed by atoms with van der Waals surface area (Å²) in [5.74, 6) is -0.284. The van der Waals surface area contributed by atoms with Crippen LogP contribution in [0, 0.1) is 0 Å². The molecule has 1 fully saturated rings. The molecule has 2 heterocycles. The highest BCUT2D eigenvalue weighted by atomic mass is 16.6. The Labute approximate surface area is 170 Å². The van der Waals surface area contributed by atoms with Gasteiger partial charge in [-0.25, -0.2) is 4.79 Å². The number of ether oxygens (including phenoxy) is 1. The molecule has 2 aromatic rings. The number of aromatic nitrogens is 2. The lowest BCUT2D eigenvalue weighted by Crippen LogP contribution is -2.42. The lowest BCUT2D eigenvalue weighted by molar-refractivity contribution is 0.0173. The van der Waals surface area contributed by atoms with E-state index in [0.29, 0.717) is 12.1 Å². The zero-order chi connectivity index (χ0) is 21.3. The van der Waals surface area contributed by atoms with Crippen LogP contribution < -0.4 is 5.32 Å². The molecule has 8 heteroatoms. The van der Waals surface area contributed by atoms with E-state index in [9.17, 15) is 14.7 Å². The summed E-state index contributed by atoms with van der Waals surface area (Å²) in [6, 6.07) is 7.08. The van der Waals surface area contributed by atoms with Crippen molar-refractivity contribution in [1.29, 1.82) is 0 Å². The smallest absolute Gasteiger partial charge is 0.410 e. The van der Waals surface area contributed by atoms with E-state index in [4.69, 9.17) is 4.74 Å². The lowest BCUT2D eigenvalue weighted by atomic mass is 10.1. The van der Waals surface area contributed by atoms with E-state index in [1.165, 1.54) is 4.90 Å². The van der Waals surface area contributed by atoms with Crippen molar-refractivity contribution in [2.24, 2.45) is 0 Å². The Hall–Kier alpha value is -2.61. The zero-order valence-electron chi connectivity index (χ0n) is 17.7. The number of nitrogens with one attached hydrogen (secondary N) is 1. The Morgan fingerprint density at radius 3 is 2.62 bits per heavy atom. The fourth-order valence-electron chi connectivity index (χ4n) is 3.64. The van der Waals surface area contributed by atoms with Crippen molar-refractivity contribution in [3.8, 4) is 0 Å². The van der Waals surface area contributed by atoms with Crippen molar-refractivity contribution in [3.63, 3.8) is 0 Å². The quantitative estimate of drug-likeness (QED) is 0.820. The van der Waals surface area contributed by atoms with Gasteiger partial charge >= 0.3 is 6.09 Å². The van der Waals surface area contributed by atoms with Gasteiger partial charge in [0, 0.05) is 24.0 Å². The van der Waals surface area contributed by atoms with Crippen LogP contribution in [0.2, 0.25) is 0 Å². The number of carbonyl (C=O) groups excluding carboxylic acids is 2. The normalized spacial score (nSPS) is 19.8. The molecule has 0 saturated carbocycles. The molecule has 0 aliphatic carbocycles.